The number of unbranched alkanes of at least 4 members (excludes halogenated alkanes) is 13. The smallest absolute Gasteiger partial charge is 0.104 e. The van der Waals surface area contributed by atoms with E-state index in [4.69, 9.17) is 5.73 Å². The molecule has 32 heavy (non-hydrogen) atoms. The van der Waals surface area contributed by atoms with Crippen molar-refractivity contribution in [2.45, 2.75) is 110 Å². The van der Waals surface area contributed by atoms with Crippen LogP contribution in [0.5, 0.6) is 0 Å². The average molecular weight is 490 g/mol. The zero-order valence-electron chi connectivity index (χ0n) is 21.7. The molecule has 2 nitrogen and oxygen atoms in total. The van der Waals surface area contributed by atoms with E-state index in [9.17, 15) is 0 Å². The van der Waals surface area contributed by atoms with Crippen LogP contribution in [0.3, 0.4) is 0 Å². The van der Waals surface area contributed by atoms with Gasteiger partial charge in [0.15, 0.2) is 0 Å². The summed E-state index contributed by atoms with van der Waals surface area (Å²) in [5.74, 6) is 0. The predicted molar refractivity (Wildman–Crippen MR) is 144 cm³/mol. The number of benzene rings is 1. The molecule has 1 rings (SSSR count). The van der Waals surface area contributed by atoms with Crippen molar-refractivity contribution >= 4 is 12.4 Å². The standard InChI is InChI=1S/C25H46N.C3H7N.2ClH/c1-4-5-6-7-8-9-10-11-12-13-14-15-16-20-23-26(2,3)24-25-21-18-17-19-22-25;1-2-3-4;;/h17-19,21-22H,4-16,20,23-24H2,1-3H3;2-3H,4H2,1H3;2*1H/q+1;;;/p-1. The number of hydrogen-bond acceptors (Lipinski definition) is 1. The third-order valence-electron chi connectivity index (χ3n) is 5.76. The van der Waals surface area contributed by atoms with Gasteiger partial charge in [0.05, 0.1) is 20.6 Å². The summed E-state index contributed by atoms with van der Waals surface area (Å²) in [4.78, 5) is 0. The number of quaternary nitrogens is 1. The fourth-order valence-corrected chi connectivity index (χ4v) is 3.89. The molecule has 0 bridgehead atoms. The first-order chi connectivity index (χ1) is 14.6. The Balaban J connectivity index is -0.00000129. The first-order valence-electron chi connectivity index (χ1n) is 12.7. The molecule has 1 aromatic rings. The number of allylic oxidation sites excluding steroid dienone is 1. The van der Waals surface area contributed by atoms with E-state index >= 15 is 0 Å². The van der Waals surface area contributed by atoms with E-state index in [0.29, 0.717) is 0 Å². The fraction of sp³-hybridized carbons (Fsp3) is 0.714. The van der Waals surface area contributed by atoms with Gasteiger partial charge in [-0.25, -0.2) is 0 Å². The Hall–Kier alpha value is -0.700. The summed E-state index contributed by atoms with van der Waals surface area (Å²) in [7, 11) is 4.74. The molecular weight excluding hydrogens is 435 g/mol. The topological polar surface area (TPSA) is 26.0 Å². The highest BCUT2D eigenvalue weighted by molar-refractivity contribution is 5.85. The Morgan fingerprint density at radius 2 is 1.09 bits per heavy atom. The molecule has 2 N–H and O–H groups in total. The Kier molecular flexibility index (Phi) is 29.8. The summed E-state index contributed by atoms with van der Waals surface area (Å²) in [5.41, 5.74) is 6.31. The summed E-state index contributed by atoms with van der Waals surface area (Å²) >= 11 is 0. The molecule has 0 saturated heterocycles. The van der Waals surface area contributed by atoms with Gasteiger partial charge in [0, 0.05) is 5.56 Å². The lowest BCUT2D eigenvalue weighted by Crippen LogP contribution is -3.00. The van der Waals surface area contributed by atoms with Gasteiger partial charge in [0.2, 0.25) is 0 Å². The molecular formula is C28H54Cl2N2. The number of nitrogens with two attached hydrogens (primary N) is 1. The van der Waals surface area contributed by atoms with E-state index in [2.05, 4.69) is 51.4 Å². The monoisotopic (exact) mass is 488 g/mol. The molecule has 0 atom stereocenters. The van der Waals surface area contributed by atoms with Crippen LogP contribution in [0.1, 0.15) is 109 Å². The van der Waals surface area contributed by atoms with Gasteiger partial charge in [-0.15, -0.1) is 12.4 Å². The summed E-state index contributed by atoms with van der Waals surface area (Å²) in [6, 6.07) is 10.9. The Morgan fingerprint density at radius 3 is 1.47 bits per heavy atom. The van der Waals surface area contributed by atoms with Crippen molar-refractivity contribution < 1.29 is 16.9 Å². The number of hydrogen-bond donors (Lipinski definition) is 1. The Bertz CT molecular complexity index is 485. The van der Waals surface area contributed by atoms with E-state index < -0.39 is 0 Å². The van der Waals surface area contributed by atoms with Crippen molar-refractivity contribution in [1.29, 1.82) is 0 Å². The summed E-state index contributed by atoms with van der Waals surface area (Å²) in [5, 5.41) is 0. The number of nitrogens with zero attached hydrogens (tertiary/aromatic N) is 1. The molecule has 190 valence electrons. The molecule has 0 radical (unpaired) electrons. The molecule has 0 aromatic heterocycles. The van der Waals surface area contributed by atoms with Crippen LogP contribution in [0, 0.1) is 0 Å². The third-order valence-corrected chi connectivity index (χ3v) is 5.76. The van der Waals surface area contributed by atoms with Crippen LogP contribution in [0.2, 0.25) is 0 Å². The van der Waals surface area contributed by atoms with E-state index in [0.717, 1.165) is 11.0 Å². The van der Waals surface area contributed by atoms with Crippen LogP contribution in [0.4, 0.5) is 0 Å². The highest BCUT2D eigenvalue weighted by Crippen LogP contribution is 2.14. The molecule has 0 unspecified atom stereocenters. The third kappa shape index (κ3) is 25.6. The average Bonchev–Trinajstić information content (AvgIpc) is 2.74. The number of rotatable bonds is 17. The van der Waals surface area contributed by atoms with Crippen molar-refractivity contribution in [1.82, 2.24) is 0 Å². The first kappa shape index (κ1) is 35.9. The largest absolute Gasteiger partial charge is 1.00 e. The highest BCUT2D eigenvalue weighted by Gasteiger charge is 2.14. The zero-order chi connectivity index (χ0) is 22.3. The van der Waals surface area contributed by atoms with E-state index in [-0.39, 0.29) is 24.8 Å². The molecule has 0 aliphatic heterocycles. The predicted octanol–water partition coefficient (Wildman–Crippen LogP) is 5.65. The van der Waals surface area contributed by atoms with Crippen LogP contribution < -0.4 is 18.1 Å². The van der Waals surface area contributed by atoms with Gasteiger partial charge in [0.1, 0.15) is 6.54 Å². The maximum atomic E-state index is 4.85. The molecule has 0 heterocycles. The van der Waals surface area contributed by atoms with E-state index in [1.54, 1.807) is 6.08 Å². The van der Waals surface area contributed by atoms with E-state index in [1.165, 1.54) is 108 Å². The highest BCUT2D eigenvalue weighted by atomic mass is 35.5. The maximum absolute atomic E-state index is 4.85. The van der Waals surface area contributed by atoms with Crippen molar-refractivity contribution in [3.05, 3.63) is 48.2 Å². The molecule has 4 heteroatoms. The van der Waals surface area contributed by atoms with Crippen LogP contribution in [-0.4, -0.2) is 25.1 Å². The van der Waals surface area contributed by atoms with Crippen molar-refractivity contribution in [2.75, 3.05) is 20.6 Å². The van der Waals surface area contributed by atoms with Crippen LogP contribution in [0.15, 0.2) is 42.6 Å². The SMILES string of the molecule is CC=CN.CCCCCCCCCCCCCCCC[N+](C)(C)Cc1ccccc1.Cl.[Cl-]. The Morgan fingerprint density at radius 1 is 0.719 bits per heavy atom. The zero-order valence-corrected chi connectivity index (χ0v) is 23.2. The lowest BCUT2D eigenvalue weighted by Gasteiger charge is -2.30. The summed E-state index contributed by atoms with van der Waals surface area (Å²) in [6.07, 6.45) is 23.5. The van der Waals surface area contributed by atoms with Crippen molar-refractivity contribution in [3.8, 4) is 0 Å². The molecule has 0 amide bonds. The lowest BCUT2D eigenvalue weighted by molar-refractivity contribution is -0.903. The molecule has 1 aromatic carbocycles. The lowest BCUT2D eigenvalue weighted by atomic mass is 10.0. The minimum Gasteiger partial charge on any atom is -1.00 e. The van der Waals surface area contributed by atoms with Gasteiger partial charge in [0.25, 0.3) is 0 Å². The van der Waals surface area contributed by atoms with Gasteiger partial charge in [-0.05, 0) is 26.0 Å². The van der Waals surface area contributed by atoms with Crippen LogP contribution in [-0.2, 0) is 6.54 Å². The summed E-state index contributed by atoms with van der Waals surface area (Å²) in [6.45, 7) is 6.62. The molecule has 0 saturated carbocycles. The van der Waals surface area contributed by atoms with Crippen molar-refractivity contribution in [2.24, 2.45) is 5.73 Å². The minimum atomic E-state index is 0. The molecule has 0 spiro atoms. The molecule has 0 aliphatic rings. The van der Waals surface area contributed by atoms with Crippen LogP contribution in [0.25, 0.3) is 0 Å². The van der Waals surface area contributed by atoms with Crippen molar-refractivity contribution in [3.63, 3.8) is 0 Å². The Labute approximate surface area is 213 Å². The second kappa shape index (κ2) is 26.6. The number of halogens is 2. The van der Waals surface area contributed by atoms with Gasteiger partial charge in [-0.3, -0.25) is 0 Å². The van der Waals surface area contributed by atoms with Gasteiger partial charge in [-0.2, -0.15) is 0 Å². The maximum Gasteiger partial charge on any atom is 0.104 e. The first-order valence-corrected chi connectivity index (χ1v) is 12.7. The van der Waals surface area contributed by atoms with Gasteiger partial charge < -0.3 is 22.6 Å². The molecule has 0 aliphatic carbocycles. The van der Waals surface area contributed by atoms with Gasteiger partial charge in [-0.1, -0.05) is 120 Å². The van der Waals surface area contributed by atoms with Gasteiger partial charge >= 0.3 is 0 Å². The summed E-state index contributed by atoms with van der Waals surface area (Å²) < 4.78 is 1.11. The van der Waals surface area contributed by atoms with Crippen LogP contribution >= 0.6 is 12.4 Å². The quantitative estimate of drug-likeness (QED) is 0.222. The second-order valence-electron chi connectivity index (χ2n) is 9.43. The second-order valence-corrected chi connectivity index (χ2v) is 9.43. The van der Waals surface area contributed by atoms with E-state index in [1.807, 2.05) is 6.92 Å². The normalized spacial score (nSPS) is 10.8. The minimum absolute atomic E-state index is 0. The fourth-order valence-electron chi connectivity index (χ4n) is 3.89. The molecule has 0 fully saturated rings.